The van der Waals surface area contributed by atoms with Crippen LogP contribution in [-0.4, -0.2) is 24.4 Å². The first kappa shape index (κ1) is 12.6. The first-order valence-corrected chi connectivity index (χ1v) is 7.30. The van der Waals surface area contributed by atoms with E-state index in [9.17, 15) is 13.5 Å². The van der Waals surface area contributed by atoms with Crippen LogP contribution in [0.15, 0.2) is 23.1 Å². The third-order valence-corrected chi connectivity index (χ3v) is 5.36. The fourth-order valence-corrected chi connectivity index (χ4v) is 4.57. The predicted octanol–water partition coefficient (Wildman–Crippen LogP) is 1.85. The van der Waals surface area contributed by atoms with Crippen molar-refractivity contribution < 1.29 is 13.5 Å². The summed E-state index contributed by atoms with van der Waals surface area (Å²) in [6.07, 6.45) is 0.798. The van der Waals surface area contributed by atoms with Crippen LogP contribution >= 0.6 is 0 Å². The molecule has 0 fully saturated rings. The van der Waals surface area contributed by atoms with Gasteiger partial charge in [-0.15, -0.1) is 0 Å². The molecule has 0 bridgehead atoms. The van der Waals surface area contributed by atoms with Crippen LogP contribution in [-0.2, 0) is 16.3 Å². The summed E-state index contributed by atoms with van der Waals surface area (Å²) in [6, 6.07) is 5.44. The van der Waals surface area contributed by atoms with Gasteiger partial charge in [-0.05, 0) is 45.2 Å². The Morgan fingerprint density at radius 2 is 2.06 bits per heavy atom. The van der Waals surface area contributed by atoms with E-state index in [0.29, 0.717) is 11.3 Å². The number of aliphatic hydroxyl groups is 1. The maximum atomic E-state index is 12.3. The Morgan fingerprint density at radius 3 is 2.65 bits per heavy atom. The van der Waals surface area contributed by atoms with E-state index in [1.54, 1.807) is 19.9 Å². The normalized spacial score (nSPS) is 22.5. The van der Waals surface area contributed by atoms with Gasteiger partial charge >= 0.3 is 0 Å². The van der Waals surface area contributed by atoms with Gasteiger partial charge < -0.3 is 5.11 Å². The number of sulfone groups is 1. The Bertz CT molecular complexity index is 538. The SMILES string of the molecule is Cc1ccc2c(c1)CC(CC(C)(C)O)S2(=O)=O. The topological polar surface area (TPSA) is 54.4 Å². The molecule has 4 heteroatoms. The molecule has 0 amide bonds. The highest BCUT2D eigenvalue weighted by Gasteiger charge is 2.39. The molecule has 1 N–H and O–H groups in total. The van der Waals surface area contributed by atoms with Crippen LogP contribution in [0.4, 0.5) is 0 Å². The summed E-state index contributed by atoms with van der Waals surface area (Å²) in [5.41, 5.74) is 1.01. The molecule has 1 aliphatic rings. The summed E-state index contributed by atoms with van der Waals surface area (Å²) in [5.74, 6) is 0. The predicted molar refractivity (Wildman–Crippen MR) is 66.8 cm³/mol. The molecule has 0 saturated carbocycles. The lowest BCUT2D eigenvalue weighted by molar-refractivity contribution is 0.0701. The van der Waals surface area contributed by atoms with Gasteiger partial charge in [-0.3, -0.25) is 0 Å². The van der Waals surface area contributed by atoms with Crippen LogP contribution in [0.1, 0.15) is 31.4 Å². The molecule has 2 rings (SSSR count). The van der Waals surface area contributed by atoms with Crippen molar-refractivity contribution in [1.29, 1.82) is 0 Å². The highest BCUT2D eigenvalue weighted by Crippen LogP contribution is 2.35. The Kier molecular flexibility index (Phi) is 2.83. The molecular weight excluding hydrogens is 236 g/mol. The molecule has 94 valence electrons. The van der Waals surface area contributed by atoms with Crippen molar-refractivity contribution in [3.63, 3.8) is 0 Å². The minimum absolute atomic E-state index is 0.281. The van der Waals surface area contributed by atoms with Gasteiger partial charge in [-0.1, -0.05) is 17.7 Å². The van der Waals surface area contributed by atoms with E-state index in [1.807, 2.05) is 19.1 Å². The van der Waals surface area contributed by atoms with Crippen molar-refractivity contribution in [2.45, 2.75) is 49.4 Å². The highest BCUT2D eigenvalue weighted by atomic mass is 32.2. The Labute approximate surface area is 102 Å². The first-order chi connectivity index (χ1) is 7.70. The summed E-state index contributed by atoms with van der Waals surface area (Å²) in [4.78, 5) is 0.442. The lowest BCUT2D eigenvalue weighted by Crippen LogP contribution is -2.30. The van der Waals surface area contributed by atoms with Crippen molar-refractivity contribution in [3.8, 4) is 0 Å². The number of hydrogen-bond acceptors (Lipinski definition) is 3. The van der Waals surface area contributed by atoms with Gasteiger partial charge in [-0.2, -0.15) is 0 Å². The van der Waals surface area contributed by atoms with E-state index in [4.69, 9.17) is 0 Å². The van der Waals surface area contributed by atoms with E-state index < -0.39 is 20.7 Å². The van der Waals surface area contributed by atoms with Crippen molar-refractivity contribution in [1.82, 2.24) is 0 Å². The van der Waals surface area contributed by atoms with E-state index in [2.05, 4.69) is 0 Å². The Morgan fingerprint density at radius 1 is 1.41 bits per heavy atom. The lowest BCUT2D eigenvalue weighted by Gasteiger charge is -2.20. The van der Waals surface area contributed by atoms with E-state index in [0.717, 1.165) is 11.1 Å². The monoisotopic (exact) mass is 254 g/mol. The minimum atomic E-state index is -3.26. The van der Waals surface area contributed by atoms with Crippen molar-refractivity contribution in [2.24, 2.45) is 0 Å². The van der Waals surface area contributed by atoms with Crippen LogP contribution in [0.25, 0.3) is 0 Å². The summed E-state index contributed by atoms with van der Waals surface area (Å²) in [5, 5.41) is 9.29. The molecule has 1 heterocycles. The maximum absolute atomic E-state index is 12.3. The fraction of sp³-hybridized carbons (Fsp3) is 0.538. The van der Waals surface area contributed by atoms with Crippen molar-refractivity contribution >= 4 is 9.84 Å². The van der Waals surface area contributed by atoms with E-state index in [1.165, 1.54) is 0 Å². The molecule has 1 aromatic rings. The van der Waals surface area contributed by atoms with Crippen LogP contribution in [0.5, 0.6) is 0 Å². The van der Waals surface area contributed by atoms with E-state index >= 15 is 0 Å². The molecule has 1 unspecified atom stereocenters. The van der Waals surface area contributed by atoms with Gasteiger partial charge in [0.1, 0.15) is 0 Å². The molecule has 0 spiro atoms. The van der Waals surface area contributed by atoms with Gasteiger partial charge in [0, 0.05) is 0 Å². The lowest BCUT2D eigenvalue weighted by atomic mass is 9.98. The Hall–Kier alpha value is -0.870. The van der Waals surface area contributed by atoms with Crippen LogP contribution in [0.2, 0.25) is 0 Å². The summed E-state index contributed by atoms with van der Waals surface area (Å²) < 4.78 is 24.5. The molecule has 1 aliphatic heterocycles. The van der Waals surface area contributed by atoms with Crippen LogP contribution in [0, 0.1) is 6.92 Å². The van der Waals surface area contributed by atoms with Gasteiger partial charge in [0.15, 0.2) is 9.84 Å². The third-order valence-electron chi connectivity index (χ3n) is 3.14. The van der Waals surface area contributed by atoms with Gasteiger partial charge in [-0.25, -0.2) is 8.42 Å². The van der Waals surface area contributed by atoms with Gasteiger partial charge in [0.25, 0.3) is 0 Å². The third kappa shape index (κ3) is 2.38. The zero-order chi connectivity index (χ0) is 12.8. The molecule has 0 radical (unpaired) electrons. The number of hydrogen-bond donors (Lipinski definition) is 1. The van der Waals surface area contributed by atoms with E-state index in [-0.39, 0.29) is 6.42 Å². The molecule has 0 aromatic heterocycles. The van der Waals surface area contributed by atoms with Crippen LogP contribution < -0.4 is 0 Å². The molecule has 0 aliphatic carbocycles. The number of aryl methyl sites for hydroxylation is 1. The zero-order valence-corrected chi connectivity index (χ0v) is 11.2. The van der Waals surface area contributed by atoms with Crippen molar-refractivity contribution in [2.75, 3.05) is 0 Å². The molecule has 1 aromatic carbocycles. The van der Waals surface area contributed by atoms with Crippen LogP contribution in [0.3, 0.4) is 0 Å². The average Bonchev–Trinajstić information content (AvgIpc) is 2.35. The summed E-state index contributed by atoms with van der Waals surface area (Å²) >= 11 is 0. The fourth-order valence-electron chi connectivity index (χ4n) is 2.42. The smallest absolute Gasteiger partial charge is 0.181 e. The minimum Gasteiger partial charge on any atom is -0.390 e. The largest absolute Gasteiger partial charge is 0.390 e. The second kappa shape index (κ2) is 3.82. The Balaban J connectivity index is 2.40. The van der Waals surface area contributed by atoms with Crippen molar-refractivity contribution in [3.05, 3.63) is 29.3 Å². The molecule has 1 atom stereocenters. The molecular formula is C13H18O3S. The molecule has 3 nitrogen and oxygen atoms in total. The summed E-state index contributed by atoms with van der Waals surface area (Å²) in [7, 11) is -3.26. The highest BCUT2D eigenvalue weighted by molar-refractivity contribution is 7.92. The number of rotatable bonds is 2. The maximum Gasteiger partial charge on any atom is 0.181 e. The number of benzene rings is 1. The average molecular weight is 254 g/mol. The number of fused-ring (bicyclic) bond motifs is 1. The second-order valence-corrected chi connectivity index (χ2v) is 7.70. The first-order valence-electron chi connectivity index (χ1n) is 5.76. The standard InChI is InChI=1S/C13H18O3S/c1-9-4-5-12-10(6-9)7-11(17(12,15)16)8-13(2,3)14/h4-6,11,14H,7-8H2,1-3H3. The summed E-state index contributed by atoms with van der Waals surface area (Å²) in [6.45, 7) is 5.25. The zero-order valence-electron chi connectivity index (χ0n) is 10.4. The molecule has 0 saturated heterocycles. The quantitative estimate of drug-likeness (QED) is 0.876. The molecule has 17 heavy (non-hydrogen) atoms. The second-order valence-electron chi connectivity index (χ2n) is 5.50. The van der Waals surface area contributed by atoms with Gasteiger partial charge in [0.2, 0.25) is 0 Å². The van der Waals surface area contributed by atoms with Gasteiger partial charge in [0.05, 0.1) is 15.7 Å².